The normalized spacial score (nSPS) is 25.3. The number of fused-ring (bicyclic) bond motifs is 1. The molecule has 5 rings (SSSR count). The Kier molecular flexibility index (Phi) is 8.47. The lowest BCUT2D eigenvalue weighted by molar-refractivity contribution is 0.214. The molecule has 0 aliphatic heterocycles. The third kappa shape index (κ3) is 5.08. The second-order valence-corrected chi connectivity index (χ2v) is 9.68. The number of rotatable bonds is 6. The Bertz CT molecular complexity index is 873. The molecule has 2 heterocycles. The summed E-state index contributed by atoms with van der Waals surface area (Å²) in [7, 11) is 0. The molecule has 2 aromatic rings. The first kappa shape index (κ1) is 25.3. The van der Waals surface area contributed by atoms with Gasteiger partial charge in [-0.2, -0.15) is 9.97 Å². The number of anilines is 2. The van der Waals surface area contributed by atoms with E-state index in [4.69, 9.17) is 20.7 Å². The van der Waals surface area contributed by atoms with Crippen molar-refractivity contribution < 1.29 is 5.11 Å². The molecule has 180 valence electrons. The largest absolute Gasteiger partial charge is 0.394 e. The summed E-state index contributed by atoms with van der Waals surface area (Å²) in [5.74, 6) is 1.42. The average Bonchev–Trinajstić information content (AvgIpc) is 3.50. The van der Waals surface area contributed by atoms with Crippen LogP contribution in [0, 0.1) is 0 Å². The Morgan fingerprint density at radius 3 is 2.34 bits per heavy atom. The van der Waals surface area contributed by atoms with E-state index < -0.39 is 0 Å². The van der Waals surface area contributed by atoms with Crippen molar-refractivity contribution in [2.45, 2.75) is 101 Å². The summed E-state index contributed by atoms with van der Waals surface area (Å²) in [5, 5.41) is 17.3. The molecule has 2 aromatic heterocycles. The average molecular weight is 486 g/mol. The molecule has 3 saturated carbocycles. The molecule has 0 radical (unpaired) electrons. The predicted octanol–water partition coefficient (Wildman–Crippen LogP) is 4.18. The SMILES string of the molecule is Cl.Cl.N[C@H]1CC[C@H](Nc2nc(NC3(CO)CCCC3)c3ncn(C4CCCC4)c3n2)CC1. The molecule has 5 N–H and O–H groups in total. The van der Waals surface area contributed by atoms with Crippen molar-refractivity contribution in [2.75, 3.05) is 17.2 Å². The number of halogens is 2. The van der Waals surface area contributed by atoms with E-state index in [2.05, 4.69) is 15.2 Å². The van der Waals surface area contributed by atoms with Gasteiger partial charge in [0.15, 0.2) is 17.0 Å². The Morgan fingerprint density at radius 1 is 1.00 bits per heavy atom. The van der Waals surface area contributed by atoms with Crippen molar-refractivity contribution in [3.05, 3.63) is 6.33 Å². The fourth-order valence-corrected chi connectivity index (χ4v) is 5.59. The summed E-state index contributed by atoms with van der Waals surface area (Å²) < 4.78 is 2.25. The zero-order valence-electron chi connectivity index (χ0n) is 18.6. The van der Waals surface area contributed by atoms with E-state index in [1.54, 1.807) is 0 Å². The zero-order chi connectivity index (χ0) is 20.6. The maximum Gasteiger partial charge on any atom is 0.227 e. The van der Waals surface area contributed by atoms with Crippen molar-refractivity contribution >= 4 is 47.7 Å². The van der Waals surface area contributed by atoms with Crippen molar-refractivity contribution in [2.24, 2.45) is 5.73 Å². The van der Waals surface area contributed by atoms with E-state index in [1.165, 1.54) is 25.7 Å². The number of aliphatic hydroxyl groups is 1. The molecule has 0 bridgehead atoms. The maximum absolute atomic E-state index is 10.1. The quantitative estimate of drug-likeness (QED) is 0.484. The standard InChI is InChI=1S/C22H35N7O.2ClH/c23-15-7-9-16(10-8-15)25-21-26-19(28-22(13-30)11-3-4-12-22)18-20(27-21)29(14-24-18)17-5-1-2-6-17;;/h14-17,30H,1-13,23H2,(H2,25,26,27,28);2*1H/t15-,16-;;. The number of imidazole rings is 1. The lowest BCUT2D eigenvalue weighted by atomic mass is 9.92. The molecular weight excluding hydrogens is 449 g/mol. The lowest BCUT2D eigenvalue weighted by Crippen LogP contribution is -2.39. The molecule has 0 atom stereocenters. The van der Waals surface area contributed by atoms with Crippen LogP contribution in [0.3, 0.4) is 0 Å². The molecule has 0 saturated heterocycles. The van der Waals surface area contributed by atoms with Crippen LogP contribution in [0.2, 0.25) is 0 Å². The van der Waals surface area contributed by atoms with Crippen LogP contribution in [-0.4, -0.2) is 48.9 Å². The predicted molar refractivity (Wildman–Crippen MR) is 133 cm³/mol. The topological polar surface area (TPSA) is 114 Å². The molecule has 32 heavy (non-hydrogen) atoms. The first-order valence-corrected chi connectivity index (χ1v) is 11.8. The minimum Gasteiger partial charge on any atom is -0.394 e. The van der Waals surface area contributed by atoms with Gasteiger partial charge in [0.05, 0.1) is 18.5 Å². The Morgan fingerprint density at radius 2 is 1.69 bits per heavy atom. The monoisotopic (exact) mass is 485 g/mol. The maximum atomic E-state index is 10.1. The van der Waals surface area contributed by atoms with Gasteiger partial charge in [0, 0.05) is 18.1 Å². The Balaban J connectivity index is 0.00000144. The number of aliphatic hydroxyl groups excluding tert-OH is 1. The molecular formula is C22H37Cl2N7O. The van der Waals surface area contributed by atoms with Gasteiger partial charge < -0.3 is 26.0 Å². The second-order valence-electron chi connectivity index (χ2n) is 9.68. The number of hydrogen-bond acceptors (Lipinski definition) is 7. The minimum atomic E-state index is -0.298. The third-order valence-electron chi connectivity index (χ3n) is 7.49. The van der Waals surface area contributed by atoms with Crippen LogP contribution in [0.5, 0.6) is 0 Å². The van der Waals surface area contributed by atoms with Gasteiger partial charge in [0.2, 0.25) is 5.95 Å². The lowest BCUT2D eigenvalue weighted by Gasteiger charge is -2.29. The van der Waals surface area contributed by atoms with Gasteiger partial charge in [-0.05, 0) is 51.4 Å². The van der Waals surface area contributed by atoms with Crippen LogP contribution < -0.4 is 16.4 Å². The van der Waals surface area contributed by atoms with E-state index in [1.807, 2.05) is 6.33 Å². The van der Waals surface area contributed by atoms with E-state index in [0.29, 0.717) is 24.1 Å². The number of nitrogens with two attached hydrogens (primary N) is 1. The van der Waals surface area contributed by atoms with Gasteiger partial charge >= 0.3 is 0 Å². The van der Waals surface area contributed by atoms with Gasteiger partial charge in [0.1, 0.15) is 0 Å². The molecule has 0 spiro atoms. The molecule has 3 aliphatic carbocycles. The molecule has 10 heteroatoms. The van der Waals surface area contributed by atoms with Gasteiger partial charge in [-0.3, -0.25) is 0 Å². The molecule has 0 aromatic carbocycles. The minimum absolute atomic E-state index is 0. The molecule has 0 unspecified atom stereocenters. The summed E-state index contributed by atoms with van der Waals surface area (Å²) in [6.07, 6.45) is 15.2. The number of nitrogens with one attached hydrogen (secondary N) is 2. The smallest absolute Gasteiger partial charge is 0.227 e. The van der Waals surface area contributed by atoms with E-state index in [-0.39, 0.29) is 37.0 Å². The highest BCUT2D eigenvalue weighted by molar-refractivity contribution is 5.86. The summed E-state index contributed by atoms with van der Waals surface area (Å²) in [6, 6.07) is 1.15. The fourth-order valence-electron chi connectivity index (χ4n) is 5.59. The molecule has 0 amide bonds. The van der Waals surface area contributed by atoms with Crippen LogP contribution in [0.1, 0.15) is 83.1 Å². The van der Waals surface area contributed by atoms with E-state index >= 15 is 0 Å². The highest BCUT2D eigenvalue weighted by Crippen LogP contribution is 2.36. The highest BCUT2D eigenvalue weighted by atomic mass is 35.5. The van der Waals surface area contributed by atoms with E-state index in [0.717, 1.165) is 68.3 Å². The zero-order valence-corrected chi connectivity index (χ0v) is 20.3. The van der Waals surface area contributed by atoms with Gasteiger partial charge in [0.25, 0.3) is 0 Å². The molecule has 3 aliphatic rings. The first-order valence-electron chi connectivity index (χ1n) is 11.8. The second kappa shape index (κ2) is 10.7. The van der Waals surface area contributed by atoms with Crippen LogP contribution in [0.15, 0.2) is 6.33 Å². The number of nitrogens with zero attached hydrogens (tertiary/aromatic N) is 4. The summed E-state index contributed by atoms with van der Waals surface area (Å²) in [4.78, 5) is 14.5. The van der Waals surface area contributed by atoms with Crippen molar-refractivity contribution in [3.63, 3.8) is 0 Å². The summed E-state index contributed by atoms with van der Waals surface area (Å²) in [5.41, 5.74) is 7.50. The first-order chi connectivity index (χ1) is 14.7. The Hall–Kier alpha value is -1.35. The number of hydrogen-bond donors (Lipinski definition) is 4. The molecule has 3 fully saturated rings. The third-order valence-corrected chi connectivity index (χ3v) is 7.49. The number of aromatic nitrogens is 4. The van der Waals surface area contributed by atoms with Crippen LogP contribution in [-0.2, 0) is 0 Å². The Labute approximate surface area is 202 Å². The van der Waals surface area contributed by atoms with Crippen LogP contribution in [0.25, 0.3) is 11.2 Å². The fraction of sp³-hybridized carbons (Fsp3) is 0.773. The molecule has 8 nitrogen and oxygen atoms in total. The van der Waals surface area contributed by atoms with Gasteiger partial charge in [-0.1, -0.05) is 25.7 Å². The van der Waals surface area contributed by atoms with Crippen molar-refractivity contribution in [3.8, 4) is 0 Å². The summed E-state index contributed by atoms with van der Waals surface area (Å²) in [6.45, 7) is 0.116. The van der Waals surface area contributed by atoms with Crippen LogP contribution >= 0.6 is 24.8 Å². The highest BCUT2D eigenvalue weighted by Gasteiger charge is 2.35. The van der Waals surface area contributed by atoms with Crippen molar-refractivity contribution in [1.29, 1.82) is 0 Å². The van der Waals surface area contributed by atoms with Crippen molar-refractivity contribution in [1.82, 2.24) is 19.5 Å². The van der Waals surface area contributed by atoms with E-state index in [9.17, 15) is 5.11 Å². The van der Waals surface area contributed by atoms with Gasteiger partial charge in [-0.15, -0.1) is 24.8 Å². The van der Waals surface area contributed by atoms with Crippen LogP contribution in [0.4, 0.5) is 11.8 Å². The van der Waals surface area contributed by atoms with Gasteiger partial charge in [-0.25, -0.2) is 4.98 Å². The summed E-state index contributed by atoms with van der Waals surface area (Å²) >= 11 is 0.